The van der Waals surface area contributed by atoms with E-state index in [1.165, 1.54) is 24.8 Å². The Kier molecular flexibility index (Phi) is 7.69. The topological polar surface area (TPSA) is 106 Å². The molecular weight excluding hydrogens is 512 g/mol. The number of halogens is 3. The lowest BCUT2D eigenvalue weighted by Crippen LogP contribution is -1.98. The number of aryl methyl sites for hydroxylation is 1. The van der Waals surface area contributed by atoms with Crippen LogP contribution in [0.1, 0.15) is 24.2 Å². The van der Waals surface area contributed by atoms with Gasteiger partial charge in [-0.2, -0.15) is 0 Å². The van der Waals surface area contributed by atoms with Crippen LogP contribution in [0.2, 0.25) is 10.0 Å². The van der Waals surface area contributed by atoms with Crippen LogP contribution in [-0.4, -0.2) is 25.9 Å². The normalized spacial score (nSPS) is 12.8. The zero-order valence-electron chi connectivity index (χ0n) is 18.6. The lowest BCUT2D eigenvalue weighted by Gasteiger charge is -2.13. The standard InChI is InChI=1S/C23H20Cl2FN5S.CH2O2/c1-12-29-21(22-23(27)28-7-8-31(12)22)16-3-2-4-17(20(16)26)30-32-18-11-15(24)10-14(19(18)25)9-13-5-6-13;2-1-3/h2-4,7-8,10-11,13,30H,5-6,9H2,1H3,(H2,27,28);1H,(H,2,3). The number of benzene rings is 2. The van der Waals surface area contributed by atoms with Gasteiger partial charge in [0, 0.05) is 27.9 Å². The van der Waals surface area contributed by atoms with Crippen LogP contribution in [-0.2, 0) is 11.2 Å². The van der Waals surface area contributed by atoms with Gasteiger partial charge in [-0.25, -0.2) is 14.4 Å². The van der Waals surface area contributed by atoms with E-state index in [-0.39, 0.29) is 6.47 Å². The first-order valence-electron chi connectivity index (χ1n) is 10.7. The van der Waals surface area contributed by atoms with Crippen molar-refractivity contribution in [2.45, 2.75) is 31.1 Å². The molecule has 4 aromatic rings. The molecule has 1 aliphatic carbocycles. The lowest BCUT2D eigenvalue weighted by atomic mass is 10.1. The molecule has 7 nitrogen and oxygen atoms in total. The highest BCUT2D eigenvalue weighted by Crippen LogP contribution is 2.40. The Morgan fingerprint density at radius 1 is 1.34 bits per heavy atom. The second kappa shape index (κ2) is 10.7. The number of nitrogens with zero attached hydrogens (tertiary/aromatic N) is 3. The molecule has 0 radical (unpaired) electrons. The van der Waals surface area contributed by atoms with E-state index in [4.69, 9.17) is 38.8 Å². The summed E-state index contributed by atoms with van der Waals surface area (Å²) in [6, 6.07) is 8.82. The van der Waals surface area contributed by atoms with E-state index in [1.807, 2.05) is 13.0 Å². The first kappa shape index (κ1) is 25.1. The summed E-state index contributed by atoms with van der Waals surface area (Å²) in [6.45, 7) is 1.59. The van der Waals surface area contributed by atoms with Crippen molar-refractivity contribution in [3.63, 3.8) is 0 Å². The molecule has 2 aromatic carbocycles. The predicted molar refractivity (Wildman–Crippen MR) is 139 cm³/mol. The van der Waals surface area contributed by atoms with Crippen molar-refractivity contribution < 1.29 is 14.3 Å². The molecule has 0 spiro atoms. The van der Waals surface area contributed by atoms with Crippen LogP contribution in [0.5, 0.6) is 0 Å². The molecular formula is C24H22Cl2FN5O2S. The molecule has 0 bridgehead atoms. The Morgan fingerprint density at radius 3 is 2.80 bits per heavy atom. The van der Waals surface area contributed by atoms with Gasteiger partial charge in [0.1, 0.15) is 22.9 Å². The third kappa shape index (κ3) is 5.47. The minimum Gasteiger partial charge on any atom is -0.483 e. The van der Waals surface area contributed by atoms with Gasteiger partial charge >= 0.3 is 0 Å². The molecule has 0 saturated heterocycles. The molecule has 1 aliphatic rings. The number of hydrogen-bond donors (Lipinski definition) is 3. The monoisotopic (exact) mass is 533 g/mol. The van der Waals surface area contributed by atoms with Crippen molar-refractivity contribution in [2.75, 3.05) is 10.5 Å². The van der Waals surface area contributed by atoms with Gasteiger partial charge in [-0.15, -0.1) is 0 Å². The predicted octanol–water partition coefficient (Wildman–Crippen LogP) is 6.51. The maximum Gasteiger partial charge on any atom is 0.290 e. The van der Waals surface area contributed by atoms with E-state index in [0.717, 1.165) is 16.9 Å². The van der Waals surface area contributed by atoms with Crippen molar-refractivity contribution in [2.24, 2.45) is 5.92 Å². The number of nitrogens with one attached hydrogen (secondary N) is 1. The molecule has 2 aromatic heterocycles. The van der Waals surface area contributed by atoms with E-state index >= 15 is 4.39 Å². The molecule has 4 N–H and O–H groups in total. The fraction of sp³-hybridized carbons (Fsp3) is 0.208. The quantitative estimate of drug-likeness (QED) is 0.191. The minimum atomic E-state index is -0.431. The highest BCUT2D eigenvalue weighted by atomic mass is 35.5. The first-order chi connectivity index (χ1) is 16.8. The average molecular weight is 534 g/mol. The first-order valence-corrected chi connectivity index (χ1v) is 12.3. The van der Waals surface area contributed by atoms with Gasteiger partial charge in [-0.05, 0) is 73.9 Å². The van der Waals surface area contributed by atoms with Gasteiger partial charge < -0.3 is 15.6 Å². The number of rotatable bonds is 6. The van der Waals surface area contributed by atoms with Gasteiger partial charge in [0.2, 0.25) is 0 Å². The summed E-state index contributed by atoms with van der Waals surface area (Å²) in [4.78, 5) is 17.8. The summed E-state index contributed by atoms with van der Waals surface area (Å²) < 4.78 is 20.4. The van der Waals surface area contributed by atoms with Crippen LogP contribution in [0.3, 0.4) is 0 Å². The smallest absolute Gasteiger partial charge is 0.290 e. The SMILES string of the molecule is Cc1nc(-c2cccc(NSc3cc(Cl)cc(CC4CC4)c3Cl)c2F)c2c(N)nccn12.O=CO. The number of anilines is 2. The number of aromatic nitrogens is 3. The second-order valence-corrected chi connectivity index (χ2v) is 9.70. The van der Waals surface area contributed by atoms with E-state index in [9.17, 15) is 0 Å². The van der Waals surface area contributed by atoms with Crippen LogP contribution in [0, 0.1) is 18.7 Å². The molecule has 11 heteroatoms. The summed E-state index contributed by atoms with van der Waals surface area (Å²) in [7, 11) is 0. The maximum atomic E-state index is 15.5. The van der Waals surface area contributed by atoms with E-state index in [1.54, 1.807) is 41.1 Å². The third-order valence-corrected chi connectivity index (χ3v) is 7.21. The fourth-order valence-electron chi connectivity index (χ4n) is 3.78. The summed E-state index contributed by atoms with van der Waals surface area (Å²) in [5.41, 5.74) is 8.79. The molecule has 1 saturated carbocycles. The fourth-order valence-corrected chi connectivity index (χ4v) is 5.17. The highest BCUT2D eigenvalue weighted by Gasteiger charge is 2.24. The van der Waals surface area contributed by atoms with Crippen molar-refractivity contribution in [3.8, 4) is 11.3 Å². The van der Waals surface area contributed by atoms with Crippen LogP contribution < -0.4 is 10.5 Å². The zero-order valence-corrected chi connectivity index (χ0v) is 21.0. The number of imidazole rings is 1. The molecule has 5 rings (SSSR count). The summed E-state index contributed by atoms with van der Waals surface area (Å²) >= 11 is 14.2. The van der Waals surface area contributed by atoms with Crippen LogP contribution in [0.4, 0.5) is 15.9 Å². The maximum absolute atomic E-state index is 15.5. The van der Waals surface area contributed by atoms with Gasteiger partial charge in [0.15, 0.2) is 5.82 Å². The lowest BCUT2D eigenvalue weighted by molar-refractivity contribution is -0.122. The third-order valence-electron chi connectivity index (χ3n) is 5.57. The Bertz CT molecular complexity index is 1390. The number of carbonyl (C=O) groups is 1. The molecule has 2 heterocycles. The van der Waals surface area contributed by atoms with Crippen molar-refractivity contribution in [3.05, 3.63) is 70.0 Å². The number of nitrogens with two attached hydrogens (primary N) is 1. The Hall–Kier alpha value is -3.01. The second-order valence-electron chi connectivity index (χ2n) is 8.04. The van der Waals surface area contributed by atoms with Gasteiger partial charge in [-0.1, -0.05) is 29.3 Å². The van der Waals surface area contributed by atoms with Crippen molar-refractivity contribution >= 4 is 58.6 Å². The van der Waals surface area contributed by atoms with Crippen molar-refractivity contribution in [1.29, 1.82) is 0 Å². The van der Waals surface area contributed by atoms with Crippen LogP contribution in [0.25, 0.3) is 16.8 Å². The largest absolute Gasteiger partial charge is 0.483 e. The Morgan fingerprint density at radius 2 is 2.09 bits per heavy atom. The molecule has 0 aliphatic heterocycles. The zero-order chi connectivity index (χ0) is 25.1. The molecule has 0 atom stereocenters. The average Bonchev–Trinajstić information content (AvgIpc) is 3.58. The Balaban J connectivity index is 0.000000917. The van der Waals surface area contributed by atoms with Crippen LogP contribution in [0.15, 0.2) is 47.6 Å². The van der Waals surface area contributed by atoms with Crippen molar-refractivity contribution in [1.82, 2.24) is 14.4 Å². The molecule has 182 valence electrons. The van der Waals surface area contributed by atoms with Gasteiger partial charge in [0.05, 0.1) is 10.7 Å². The van der Waals surface area contributed by atoms with Crippen LogP contribution >= 0.6 is 35.1 Å². The minimum absolute atomic E-state index is 0.250. The van der Waals surface area contributed by atoms with E-state index in [0.29, 0.717) is 50.1 Å². The van der Waals surface area contributed by atoms with Gasteiger partial charge in [0.25, 0.3) is 6.47 Å². The van der Waals surface area contributed by atoms with E-state index in [2.05, 4.69) is 14.7 Å². The Labute approximate surface area is 215 Å². The van der Waals surface area contributed by atoms with Gasteiger partial charge in [-0.3, -0.25) is 9.20 Å². The summed E-state index contributed by atoms with van der Waals surface area (Å²) in [5, 5.41) is 8.16. The molecule has 35 heavy (non-hydrogen) atoms. The number of fused-ring (bicyclic) bond motifs is 1. The number of nitrogen functional groups attached to an aromatic ring is 1. The highest BCUT2D eigenvalue weighted by molar-refractivity contribution is 8.00. The van der Waals surface area contributed by atoms with E-state index < -0.39 is 5.82 Å². The summed E-state index contributed by atoms with van der Waals surface area (Å²) in [6.07, 6.45) is 6.72. The molecule has 0 amide bonds. The molecule has 0 unspecified atom stereocenters. The molecule has 1 fully saturated rings. The number of hydrogen-bond acceptors (Lipinski definition) is 6. The number of carboxylic acid groups (broad SMARTS) is 1. The summed E-state index contributed by atoms with van der Waals surface area (Å²) in [5.74, 6) is 1.25.